The minimum Gasteiger partial charge on any atom is -0.368 e. The van der Waals surface area contributed by atoms with Crippen LogP contribution >= 0.6 is 0 Å². The zero-order chi connectivity index (χ0) is 17.9. The van der Waals surface area contributed by atoms with Crippen LogP contribution in [0.3, 0.4) is 0 Å². The smallest absolute Gasteiger partial charge is 0.227 e. The van der Waals surface area contributed by atoms with Crippen molar-refractivity contribution in [1.29, 1.82) is 0 Å². The molecule has 0 unspecified atom stereocenters. The Morgan fingerprint density at radius 1 is 1.35 bits per heavy atom. The number of aryl methyl sites for hydroxylation is 1. The van der Waals surface area contributed by atoms with Crippen LogP contribution < -0.4 is 5.32 Å². The van der Waals surface area contributed by atoms with E-state index in [1.165, 1.54) is 0 Å². The highest BCUT2D eigenvalue weighted by molar-refractivity contribution is 5.87. The Bertz CT molecular complexity index is 919. The summed E-state index contributed by atoms with van der Waals surface area (Å²) in [4.78, 5) is 26.8. The third-order valence-electron chi connectivity index (χ3n) is 4.98. The molecule has 4 rings (SSSR count). The van der Waals surface area contributed by atoms with Crippen LogP contribution in [-0.2, 0) is 11.2 Å². The summed E-state index contributed by atoms with van der Waals surface area (Å²) in [6.45, 7) is 3.54. The van der Waals surface area contributed by atoms with Gasteiger partial charge >= 0.3 is 0 Å². The average molecular weight is 349 g/mol. The molecule has 6 nitrogen and oxygen atoms in total. The molecule has 134 valence electrons. The Morgan fingerprint density at radius 2 is 2.27 bits per heavy atom. The number of nitrogens with zero attached hydrogens (tertiary/aromatic N) is 3. The van der Waals surface area contributed by atoms with E-state index < -0.39 is 0 Å². The number of nitrogens with one attached hydrogen (secondary N) is 2. The Balaban J connectivity index is 1.41. The molecule has 1 atom stereocenters. The van der Waals surface area contributed by atoms with Crippen molar-refractivity contribution < 1.29 is 4.79 Å². The molecular formula is C20H23N5O. The lowest BCUT2D eigenvalue weighted by molar-refractivity contribution is -0.131. The van der Waals surface area contributed by atoms with Gasteiger partial charge in [0.2, 0.25) is 5.91 Å². The number of aromatic nitrogens is 3. The number of hydrogen-bond donors (Lipinski definition) is 2. The molecule has 1 aliphatic heterocycles. The van der Waals surface area contributed by atoms with Crippen molar-refractivity contribution in [3.8, 4) is 0 Å². The highest BCUT2D eigenvalue weighted by Crippen LogP contribution is 2.22. The first-order valence-electron chi connectivity index (χ1n) is 9.09. The largest absolute Gasteiger partial charge is 0.368 e. The molecular weight excluding hydrogens is 326 g/mol. The molecule has 0 spiro atoms. The molecule has 4 heterocycles. The quantitative estimate of drug-likeness (QED) is 0.743. The maximum atomic E-state index is 12.9. The number of anilines is 1. The van der Waals surface area contributed by atoms with E-state index in [1.54, 1.807) is 6.20 Å². The lowest BCUT2D eigenvalue weighted by Crippen LogP contribution is -2.40. The molecule has 1 amide bonds. The topological polar surface area (TPSA) is 73.9 Å². The lowest BCUT2D eigenvalue weighted by atomic mass is 10.1. The second-order valence-corrected chi connectivity index (χ2v) is 6.82. The average Bonchev–Trinajstić information content (AvgIpc) is 3.27. The summed E-state index contributed by atoms with van der Waals surface area (Å²) >= 11 is 0. The fourth-order valence-corrected chi connectivity index (χ4v) is 3.66. The Morgan fingerprint density at radius 3 is 3.15 bits per heavy atom. The predicted molar refractivity (Wildman–Crippen MR) is 102 cm³/mol. The highest BCUT2D eigenvalue weighted by Gasteiger charge is 2.28. The second-order valence-electron chi connectivity index (χ2n) is 6.82. The molecule has 0 aromatic carbocycles. The van der Waals surface area contributed by atoms with Crippen LogP contribution in [0.15, 0.2) is 42.7 Å². The van der Waals surface area contributed by atoms with E-state index in [0.29, 0.717) is 6.42 Å². The summed E-state index contributed by atoms with van der Waals surface area (Å²) in [5.74, 6) is 1.04. The van der Waals surface area contributed by atoms with Crippen molar-refractivity contribution in [2.75, 3.05) is 18.4 Å². The van der Waals surface area contributed by atoms with Crippen LogP contribution in [0.5, 0.6) is 0 Å². The van der Waals surface area contributed by atoms with Gasteiger partial charge in [0.1, 0.15) is 11.5 Å². The monoisotopic (exact) mass is 349 g/mol. The molecule has 0 radical (unpaired) electrons. The van der Waals surface area contributed by atoms with Crippen LogP contribution in [0.25, 0.3) is 11.0 Å². The van der Waals surface area contributed by atoms with Gasteiger partial charge in [0.25, 0.3) is 0 Å². The molecule has 1 saturated heterocycles. The van der Waals surface area contributed by atoms with E-state index in [0.717, 1.165) is 54.0 Å². The highest BCUT2D eigenvalue weighted by atomic mass is 16.2. The summed E-state index contributed by atoms with van der Waals surface area (Å²) in [6.07, 6.45) is 6.14. The molecule has 2 N–H and O–H groups in total. The van der Waals surface area contributed by atoms with Gasteiger partial charge < -0.3 is 15.2 Å². The summed E-state index contributed by atoms with van der Waals surface area (Å²) in [5.41, 5.74) is 2.83. The van der Waals surface area contributed by atoms with Gasteiger partial charge in [-0.15, -0.1) is 0 Å². The van der Waals surface area contributed by atoms with E-state index >= 15 is 0 Å². The second kappa shape index (κ2) is 7.15. The van der Waals surface area contributed by atoms with Gasteiger partial charge in [0.15, 0.2) is 0 Å². The number of likely N-dealkylation sites (tertiary alicyclic amines) is 1. The van der Waals surface area contributed by atoms with Crippen molar-refractivity contribution in [3.05, 3.63) is 54.0 Å². The number of fused-ring (bicyclic) bond motifs is 1. The number of rotatable bonds is 5. The normalized spacial score (nSPS) is 17.0. The summed E-state index contributed by atoms with van der Waals surface area (Å²) in [7, 11) is 0. The molecule has 0 aliphatic carbocycles. The van der Waals surface area contributed by atoms with Crippen LogP contribution in [0.1, 0.15) is 24.1 Å². The predicted octanol–water partition coefficient (Wildman–Crippen LogP) is 2.91. The summed E-state index contributed by atoms with van der Waals surface area (Å²) in [5, 5.41) is 4.41. The summed E-state index contributed by atoms with van der Waals surface area (Å²) < 4.78 is 0. The molecule has 3 aromatic rings. The third kappa shape index (κ3) is 3.40. The zero-order valence-corrected chi connectivity index (χ0v) is 14.9. The summed E-state index contributed by atoms with van der Waals surface area (Å²) in [6, 6.07) is 10.1. The van der Waals surface area contributed by atoms with E-state index in [-0.39, 0.29) is 11.9 Å². The van der Waals surface area contributed by atoms with Crippen molar-refractivity contribution in [3.63, 3.8) is 0 Å². The Kier molecular flexibility index (Phi) is 4.56. The number of carbonyl (C=O) groups is 1. The van der Waals surface area contributed by atoms with Gasteiger partial charge in [-0.05, 0) is 49.6 Å². The van der Waals surface area contributed by atoms with Crippen LogP contribution in [0.4, 0.5) is 5.82 Å². The first kappa shape index (κ1) is 16.6. The molecule has 6 heteroatoms. The number of amides is 1. The third-order valence-corrected chi connectivity index (χ3v) is 4.98. The van der Waals surface area contributed by atoms with E-state index in [9.17, 15) is 4.79 Å². The standard InChI is InChI=1S/C20H23N5O/c1-14-5-2-8-18(24-14)22-13-16-6-4-10-25(16)19(26)11-15-12-23-20-17(15)7-3-9-21-20/h2-3,5,7-9,12,16H,4,6,10-11,13H2,1H3,(H,21,23)(H,22,24)/t16-/m1/s1. The van der Waals surface area contributed by atoms with Crippen LogP contribution in [-0.4, -0.2) is 44.9 Å². The lowest BCUT2D eigenvalue weighted by Gasteiger charge is -2.25. The van der Waals surface area contributed by atoms with Gasteiger partial charge in [0.05, 0.1) is 6.42 Å². The van der Waals surface area contributed by atoms with Gasteiger partial charge in [-0.3, -0.25) is 4.79 Å². The van der Waals surface area contributed by atoms with Crippen LogP contribution in [0, 0.1) is 6.92 Å². The zero-order valence-electron chi connectivity index (χ0n) is 14.9. The van der Waals surface area contributed by atoms with Gasteiger partial charge in [-0.2, -0.15) is 0 Å². The number of aromatic amines is 1. The van der Waals surface area contributed by atoms with Crippen molar-refractivity contribution >= 4 is 22.8 Å². The van der Waals surface area contributed by atoms with E-state index in [4.69, 9.17) is 0 Å². The Labute approximate surface area is 152 Å². The fraction of sp³-hybridized carbons (Fsp3) is 0.350. The van der Waals surface area contributed by atoms with Gasteiger partial charge in [0, 0.05) is 42.6 Å². The maximum absolute atomic E-state index is 12.9. The van der Waals surface area contributed by atoms with Crippen molar-refractivity contribution in [2.24, 2.45) is 0 Å². The Hall–Kier alpha value is -2.89. The van der Waals surface area contributed by atoms with Gasteiger partial charge in [-0.25, -0.2) is 9.97 Å². The minimum atomic E-state index is 0.177. The number of hydrogen-bond acceptors (Lipinski definition) is 4. The number of carbonyl (C=O) groups excluding carboxylic acids is 1. The maximum Gasteiger partial charge on any atom is 0.227 e. The molecule has 1 aliphatic rings. The number of H-pyrrole nitrogens is 1. The molecule has 0 bridgehead atoms. The minimum absolute atomic E-state index is 0.177. The SMILES string of the molecule is Cc1cccc(NC[C@H]2CCCN2C(=O)Cc2c[nH]c3ncccc23)n1. The molecule has 26 heavy (non-hydrogen) atoms. The first-order valence-corrected chi connectivity index (χ1v) is 9.09. The van der Waals surface area contributed by atoms with Crippen molar-refractivity contribution in [1.82, 2.24) is 19.9 Å². The van der Waals surface area contributed by atoms with Gasteiger partial charge in [-0.1, -0.05) is 6.07 Å². The number of pyridine rings is 2. The first-order chi connectivity index (χ1) is 12.7. The van der Waals surface area contributed by atoms with Crippen molar-refractivity contribution in [2.45, 2.75) is 32.2 Å². The van der Waals surface area contributed by atoms with E-state index in [1.807, 2.05) is 48.4 Å². The van der Waals surface area contributed by atoms with E-state index in [2.05, 4.69) is 20.3 Å². The fourth-order valence-electron chi connectivity index (χ4n) is 3.66. The van der Waals surface area contributed by atoms with Crippen LogP contribution in [0.2, 0.25) is 0 Å². The molecule has 3 aromatic heterocycles. The molecule has 0 saturated carbocycles. The molecule has 1 fully saturated rings.